The van der Waals surface area contributed by atoms with Crippen LogP contribution in [0.5, 0.6) is 0 Å². The van der Waals surface area contributed by atoms with Gasteiger partial charge in [0.1, 0.15) is 11.3 Å². The Labute approximate surface area is 171 Å². The Morgan fingerprint density at radius 1 is 0.933 bits per heavy atom. The number of fused-ring (bicyclic) bond motifs is 1. The molecule has 0 aliphatic carbocycles. The van der Waals surface area contributed by atoms with E-state index in [9.17, 15) is 18.0 Å². The van der Waals surface area contributed by atoms with Crippen molar-refractivity contribution in [2.24, 2.45) is 0 Å². The predicted octanol–water partition coefficient (Wildman–Crippen LogP) is 5.18. The summed E-state index contributed by atoms with van der Waals surface area (Å²) in [5, 5.41) is 2.96. The van der Waals surface area contributed by atoms with E-state index in [1.165, 1.54) is 10.5 Å². The fraction of sp³-hybridized carbons (Fsp3) is 0.130. The number of imidazole rings is 1. The maximum atomic E-state index is 13.2. The molecule has 4 nitrogen and oxygen atoms in total. The first-order valence-electron chi connectivity index (χ1n) is 9.31. The van der Waals surface area contributed by atoms with Crippen LogP contribution < -0.4 is 5.32 Å². The van der Waals surface area contributed by atoms with Crippen LogP contribution in [0.4, 0.5) is 13.2 Å². The van der Waals surface area contributed by atoms with Crippen molar-refractivity contribution >= 4 is 11.6 Å². The number of aromatic nitrogens is 2. The van der Waals surface area contributed by atoms with E-state index in [4.69, 9.17) is 0 Å². The summed E-state index contributed by atoms with van der Waals surface area (Å²) in [6.07, 6.45) is -3.61. The second-order valence-electron chi connectivity index (χ2n) is 6.92. The number of aryl methyl sites for hydroxylation is 1. The van der Waals surface area contributed by atoms with Crippen LogP contribution in [0.2, 0.25) is 0 Å². The molecule has 0 radical (unpaired) electrons. The molecule has 152 valence electrons. The molecular formula is C23H18F3N3O. The fourth-order valence-corrected chi connectivity index (χ4v) is 3.45. The average molecular weight is 409 g/mol. The fourth-order valence-electron chi connectivity index (χ4n) is 3.45. The first kappa shape index (κ1) is 19.7. The lowest BCUT2D eigenvalue weighted by Gasteiger charge is -2.20. The molecule has 0 unspecified atom stereocenters. The number of halogens is 3. The summed E-state index contributed by atoms with van der Waals surface area (Å²) in [5.74, 6) is -0.503. The maximum Gasteiger partial charge on any atom is 0.417 e. The summed E-state index contributed by atoms with van der Waals surface area (Å²) < 4.78 is 40.7. The second kappa shape index (κ2) is 7.67. The largest absolute Gasteiger partial charge is 0.417 e. The van der Waals surface area contributed by atoms with Crippen molar-refractivity contribution in [3.8, 4) is 0 Å². The second-order valence-corrected chi connectivity index (χ2v) is 6.92. The quantitative estimate of drug-likeness (QED) is 0.505. The number of alkyl halides is 3. The molecule has 4 rings (SSSR count). The molecule has 0 aliphatic rings. The highest BCUT2D eigenvalue weighted by molar-refractivity contribution is 5.95. The van der Waals surface area contributed by atoms with E-state index in [0.29, 0.717) is 5.69 Å². The Hall–Kier alpha value is -3.61. The van der Waals surface area contributed by atoms with Crippen LogP contribution in [0.3, 0.4) is 0 Å². The molecule has 0 bridgehead atoms. The molecule has 30 heavy (non-hydrogen) atoms. The van der Waals surface area contributed by atoms with E-state index >= 15 is 0 Å². The molecule has 2 aromatic carbocycles. The molecule has 4 aromatic rings. The van der Waals surface area contributed by atoms with Gasteiger partial charge in [0, 0.05) is 6.20 Å². The first-order chi connectivity index (χ1) is 14.3. The number of hydrogen-bond donors (Lipinski definition) is 1. The van der Waals surface area contributed by atoms with Gasteiger partial charge in [-0.1, -0.05) is 60.7 Å². The molecule has 0 fully saturated rings. The lowest BCUT2D eigenvalue weighted by Crippen LogP contribution is -2.30. The minimum absolute atomic E-state index is 0.0768. The average Bonchev–Trinajstić information content (AvgIpc) is 3.07. The molecule has 1 N–H and O–H groups in total. The Morgan fingerprint density at radius 3 is 2.03 bits per heavy atom. The van der Waals surface area contributed by atoms with Crippen LogP contribution in [0.1, 0.15) is 38.9 Å². The third kappa shape index (κ3) is 3.78. The van der Waals surface area contributed by atoms with Gasteiger partial charge in [0.2, 0.25) is 0 Å². The molecule has 0 atom stereocenters. The number of nitrogens with one attached hydrogen (secondary N) is 1. The number of nitrogens with zero attached hydrogens (tertiary/aromatic N) is 2. The van der Waals surface area contributed by atoms with Crippen molar-refractivity contribution in [3.05, 3.63) is 107 Å². The minimum atomic E-state index is -4.52. The van der Waals surface area contributed by atoms with Crippen LogP contribution in [-0.2, 0) is 6.18 Å². The zero-order chi connectivity index (χ0) is 21.3. The molecule has 7 heteroatoms. The molecule has 2 aromatic heterocycles. The van der Waals surface area contributed by atoms with Crippen molar-refractivity contribution in [1.82, 2.24) is 14.7 Å². The van der Waals surface area contributed by atoms with Crippen LogP contribution in [-0.4, -0.2) is 15.3 Å². The molecule has 0 saturated heterocycles. The van der Waals surface area contributed by atoms with Gasteiger partial charge in [-0.15, -0.1) is 0 Å². The normalized spacial score (nSPS) is 11.8. The van der Waals surface area contributed by atoms with Gasteiger partial charge in [0.25, 0.3) is 5.91 Å². The van der Waals surface area contributed by atoms with E-state index in [1.807, 2.05) is 60.7 Å². The molecule has 0 saturated carbocycles. The van der Waals surface area contributed by atoms with Gasteiger partial charge >= 0.3 is 6.18 Å². The number of carbonyl (C=O) groups is 1. The zero-order valence-corrected chi connectivity index (χ0v) is 16.0. The monoisotopic (exact) mass is 409 g/mol. The van der Waals surface area contributed by atoms with Crippen molar-refractivity contribution in [1.29, 1.82) is 0 Å². The topological polar surface area (TPSA) is 46.4 Å². The summed E-state index contributed by atoms with van der Waals surface area (Å²) in [7, 11) is 0. The van der Waals surface area contributed by atoms with E-state index < -0.39 is 23.7 Å². The van der Waals surface area contributed by atoms with E-state index in [1.54, 1.807) is 6.92 Å². The predicted molar refractivity (Wildman–Crippen MR) is 107 cm³/mol. The first-order valence-corrected chi connectivity index (χ1v) is 9.31. The standard InChI is InChI=1S/C23H18F3N3O/c1-15-21(29-14-18(23(24,25)26)12-13-19(29)27-15)22(30)28-20(16-8-4-2-5-9-16)17-10-6-3-7-11-17/h2-14,20H,1H3,(H,28,30). The van der Waals surface area contributed by atoms with Crippen LogP contribution in [0.15, 0.2) is 79.0 Å². The van der Waals surface area contributed by atoms with Crippen LogP contribution >= 0.6 is 0 Å². The lowest BCUT2D eigenvalue weighted by atomic mass is 9.98. The Morgan fingerprint density at radius 2 is 1.50 bits per heavy atom. The Kier molecular flexibility index (Phi) is 5.03. The highest BCUT2D eigenvalue weighted by Crippen LogP contribution is 2.30. The third-order valence-electron chi connectivity index (χ3n) is 4.88. The minimum Gasteiger partial charge on any atom is -0.340 e. The maximum absolute atomic E-state index is 13.2. The van der Waals surface area contributed by atoms with Crippen LogP contribution in [0.25, 0.3) is 5.65 Å². The van der Waals surface area contributed by atoms with Crippen LogP contribution in [0, 0.1) is 6.92 Å². The van der Waals surface area contributed by atoms with Gasteiger partial charge in [-0.25, -0.2) is 4.98 Å². The number of benzene rings is 2. The smallest absolute Gasteiger partial charge is 0.340 e. The number of pyridine rings is 1. The summed E-state index contributed by atoms with van der Waals surface area (Å²) in [6.45, 7) is 1.61. The van der Waals surface area contributed by atoms with E-state index in [0.717, 1.165) is 23.4 Å². The lowest BCUT2D eigenvalue weighted by molar-refractivity contribution is -0.137. The van der Waals surface area contributed by atoms with Gasteiger partial charge in [-0.3, -0.25) is 9.20 Å². The molecule has 0 aliphatic heterocycles. The van der Waals surface area contributed by atoms with Crippen molar-refractivity contribution < 1.29 is 18.0 Å². The highest BCUT2D eigenvalue weighted by atomic mass is 19.4. The van der Waals surface area contributed by atoms with Gasteiger partial charge in [-0.2, -0.15) is 13.2 Å². The third-order valence-corrected chi connectivity index (χ3v) is 4.88. The molecule has 1 amide bonds. The molecule has 2 heterocycles. The van der Waals surface area contributed by atoms with Gasteiger partial charge in [-0.05, 0) is 30.2 Å². The van der Waals surface area contributed by atoms with Gasteiger partial charge < -0.3 is 5.32 Å². The zero-order valence-electron chi connectivity index (χ0n) is 16.0. The summed E-state index contributed by atoms with van der Waals surface area (Å²) in [4.78, 5) is 17.5. The number of rotatable bonds is 4. The van der Waals surface area contributed by atoms with Gasteiger partial charge in [0.15, 0.2) is 0 Å². The summed E-state index contributed by atoms with van der Waals surface area (Å²) >= 11 is 0. The van der Waals surface area contributed by atoms with Crippen molar-refractivity contribution in [2.75, 3.05) is 0 Å². The number of amides is 1. The Bertz CT molecular complexity index is 1150. The highest BCUT2D eigenvalue weighted by Gasteiger charge is 2.32. The SMILES string of the molecule is Cc1nc2ccc(C(F)(F)F)cn2c1C(=O)NC(c1ccccc1)c1ccccc1. The van der Waals surface area contributed by atoms with E-state index in [2.05, 4.69) is 10.3 Å². The van der Waals surface area contributed by atoms with Gasteiger partial charge in [0.05, 0.1) is 17.3 Å². The summed E-state index contributed by atoms with van der Waals surface area (Å²) in [6, 6.07) is 20.5. The molecule has 0 spiro atoms. The van der Waals surface area contributed by atoms with Crippen molar-refractivity contribution in [3.63, 3.8) is 0 Å². The van der Waals surface area contributed by atoms with Crippen molar-refractivity contribution in [2.45, 2.75) is 19.1 Å². The summed E-state index contributed by atoms with van der Waals surface area (Å²) in [5.41, 5.74) is 1.59. The van der Waals surface area contributed by atoms with E-state index in [-0.39, 0.29) is 11.3 Å². The Balaban J connectivity index is 1.76. The molecular weight excluding hydrogens is 391 g/mol. The number of carbonyl (C=O) groups excluding carboxylic acids is 1. The number of hydrogen-bond acceptors (Lipinski definition) is 2.